The maximum absolute atomic E-state index is 13.5. The number of ether oxygens (including phenoxy) is 1. The third-order valence-corrected chi connectivity index (χ3v) is 4.14. The summed E-state index contributed by atoms with van der Waals surface area (Å²) in [6, 6.07) is 23.0. The first-order chi connectivity index (χ1) is 12.7. The second kappa shape index (κ2) is 8.30. The van der Waals surface area contributed by atoms with Gasteiger partial charge in [-0.05, 0) is 54.4 Å². The first-order valence-corrected chi connectivity index (χ1v) is 8.43. The SMILES string of the molecule is COc1cccc(CCN(C(=O)c2cccc(F)c2)c2ccccc2)c1. The van der Waals surface area contributed by atoms with Crippen molar-refractivity contribution in [1.82, 2.24) is 0 Å². The van der Waals surface area contributed by atoms with Crippen LogP contribution in [0.5, 0.6) is 5.75 Å². The highest BCUT2D eigenvalue weighted by atomic mass is 19.1. The Hall–Kier alpha value is -3.14. The van der Waals surface area contributed by atoms with E-state index in [0.717, 1.165) is 17.0 Å². The zero-order valence-electron chi connectivity index (χ0n) is 14.6. The summed E-state index contributed by atoms with van der Waals surface area (Å²) >= 11 is 0. The third kappa shape index (κ3) is 4.28. The van der Waals surface area contributed by atoms with Crippen molar-refractivity contribution in [3.63, 3.8) is 0 Å². The van der Waals surface area contributed by atoms with E-state index in [0.29, 0.717) is 18.5 Å². The molecule has 0 saturated heterocycles. The number of carbonyl (C=O) groups is 1. The molecule has 0 aliphatic heterocycles. The van der Waals surface area contributed by atoms with Gasteiger partial charge in [0.05, 0.1) is 7.11 Å². The Morgan fingerprint density at radius 2 is 1.73 bits per heavy atom. The molecule has 3 aromatic rings. The van der Waals surface area contributed by atoms with Gasteiger partial charge in [0, 0.05) is 17.8 Å². The summed E-state index contributed by atoms with van der Waals surface area (Å²) < 4.78 is 18.8. The quantitative estimate of drug-likeness (QED) is 0.644. The fourth-order valence-corrected chi connectivity index (χ4v) is 2.80. The van der Waals surface area contributed by atoms with Crippen LogP contribution < -0.4 is 9.64 Å². The summed E-state index contributed by atoms with van der Waals surface area (Å²) in [4.78, 5) is 14.7. The number of benzene rings is 3. The van der Waals surface area contributed by atoms with Gasteiger partial charge in [-0.25, -0.2) is 4.39 Å². The lowest BCUT2D eigenvalue weighted by Crippen LogP contribution is -2.33. The average molecular weight is 349 g/mol. The molecular formula is C22H20FNO2. The van der Waals surface area contributed by atoms with Crippen molar-refractivity contribution >= 4 is 11.6 Å². The van der Waals surface area contributed by atoms with Crippen LogP contribution in [0.15, 0.2) is 78.9 Å². The largest absolute Gasteiger partial charge is 0.497 e. The van der Waals surface area contributed by atoms with Crippen LogP contribution in [0.2, 0.25) is 0 Å². The Labute approximate surface area is 152 Å². The summed E-state index contributed by atoms with van der Waals surface area (Å²) in [5.74, 6) is 0.139. The zero-order chi connectivity index (χ0) is 18.4. The van der Waals surface area contributed by atoms with Gasteiger partial charge in [-0.15, -0.1) is 0 Å². The van der Waals surface area contributed by atoms with Gasteiger partial charge in [0.1, 0.15) is 11.6 Å². The first kappa shape index (κ1) is 17.7. The lowest BCUT2D eigenvalue weighted by Gasteiger charge is -2.23. The summed E-state index contributed by atoms with van der Waals surface area (Å²) in [5, 5.41) is 0. The Balaban J connectivity index is 1.85. The summed E-state index contributed by atoms with van der Waals surface area (Å²) in [6.07, 6.45) is 0.660. The second-order valence-electron chi connectivity index (χ2n) is 5.90. The van der Waals surface area contributed by atoms with Crippen molar-refractivity contribution in [2.75, 3.05) is 18.6 Å². The molecule has 0 aliphatic carbocycles. The van der Waals surface area contributed by atoms with Crippen LogP contribution in [-0.4, -0.2) is 19.6 Å². The molecule has 0 fully saturated rings. The smallest absolute Gasteiger partial charge is 0.258 e. The maximum atomic E-state index is 13.5. The predicted octanol–water partition coefficient (Wildman–Crippen LogP) is 4.72. The average Bonchev–Trinajstić information content (AvgIpc) is 2.69. The van der Waals surface area contributed by atoms with E-state index in [9.17, 15) is 9.18 Å². The number of anilines is 1. The number of rotatable bonds is 6. The molecule has 26 heavy (non-hydrogen) atoms. The van der Waals surface area contributed by atoms with Gasteiger partial charge >= 0.3 is 0 Å². The maximum Gasteiger partial charge on any atom is 0.258 e. The lowest BCUT2D eigenvalue weighted by molar-refractivity contribution is 0.0987. The highest BCUT2D eigenvalue weighted by molar-refractivity contribution is 6.06. The molecule has 4 heteroatoms. The molecule has 0 saturated carbocycles. The number of amides is 1. The van der Waals surface area contributed by atoms with Gasteiger partial charge in [-0.2, -0.15) is 0 Å². The van der Waals surface area contributed by atoms with E-state index < -0.39 is 5.82 Å². The number of hydrogen-bond acceptors (Lipinski definition) is 2. The molecule has 0 spiro atoms. The molecule has 3 rings (SSSR count). The van der Waals surface area contributed by atoms with Crippen LogP contribution in [0.3, 0.4) is 0 Å². The van der Waals surface area contributed by atoms with Crippen LogP contribution in [-0.2, 0) is 6.42 Å². The molecule has 0 aliphatic rings. The van der Waals surface area contributed by atoms with Gasteiger partial charge < -0.3 is 9.64 Å². The summed E-state index contributed by atoms with van der Waals surface area (Å²) in [6.45, 7) is 0.479. The Kier molecular flexibility index (Phi) is 5.64. The normalized spacial score (nSPS) is 10.4. The van der Waals surface area contributed by atoms with E-state index in [2.05, 4.69) is 0 Å². The van der Waals surface area contributed by atoms with Crippen molar-refractivity contribution in [2.45, 2.75) is 6.42 Å². The first-order valence-electron chi connectivity index (χ1n) is 8.43. The molecule has 1 amide bonds. The van der Waals surface area contributed by atoms with Crippen LogP contribution in [0.4, 0.5) is 10.1 Å². The Bertz CT molecular complexity index is 880. The fourth-order valence-electron chi connectivity index (χ4n) is 2.80. The summed E-state index contributed by atoms with van der Waals surface area (Å²) in [5.41, 5.74) is 2.18. The van der Waals surface area contributed by atoms with E-state index in [4.69, 9.17) is 4.74 Å². The molecule has 3 nitrogen and oxygen atoms in total. The van der Waals surface area contributed by atoms with Crippen LogP contribution >= 0.6 is 0 Å². The highest BCUT2D eigenvalue weighted by Gasteiger charge is 2.18. The van der Waals surface area contributed by atoms with Crippen molar-refractivity contribution < 1.29 is 13.9 Å². The molecule has 0 unspecified atom stereocenters. The van der Waals surface area contributed by atoms with Crippen molar-refractivity contribution in [2.24, 2.45) is 0 Å². The molecular weight excluding hydrogens is 329 g/mol. The van der Waals surface area contributed by atoms with Crippen LogP contribution in [0.25, 0.3) is 0 Å². The van der Waals surface area contributed by atoms with E-state index >= 15 is 0 Å². The minimum atomic E-state index is -0.420. The van der Waals surface area contributed by atoms with Crippen molar-refractivity contribution in [1.29, 1.82) is 0 Å². The van der Waals surface area contributed by atoms with Gasteiger partial charge in [-0.3, -0.25) is 4.79 Å². The van der Waals surface area contributed by atoms with E-state index in [1.54, 1.807) is 24.1 Å². The highest BCUT2D eigenvalue weighted by Crippen LogP contribution is 2.19. The van der Waals surface area contributed by atoms with Crippen LogP contribution in [0, 0.1) is 5.82 Å². The van der Waals surface area contributed by atoms with Gasteiger partial charge in [0.25, 0.3) is 5.91 Å². The molecule has 0 bridgehead atoms. The minimum Gasteiger partial charge on any atom is -0.497 e. The standard InChI is InChI=1S/C22H20FNO2/c1-26-21-12-5-7-17(15-21)13-14-24(20-10-3-2-4-11-20)22(25)18-8-6-9-19(23)16-18/h2-12,15-16H,13-14H2,1H3. The van der Waals surface area contributed by atoms with Crippen LogP contribution in [0.1, 0.15) is 15.9 Å². The molecule has 0 atom stereocenters. The predicted molar refractivity (Wildman–Crippen MR) is 101 cm³/mol. The molecule has 0 N–H and O–H groups in total. The van der Waals surface area contributed by atoms with Crippen molar-refractivity contribution in [3.8, 4) is 5.75 Å². The van der Waals surface area contributed by atoms with E-state index in [-0.39, 0.29) is 5.91 Å². The topological polar surface area (TPSA) is 29.5 Å². The molecule has 3 aromatic carbocycles. The number of methoxy groups -OCH3 is 1. The number of carbonyl (C=O) groups excluding carboxylic acids is 1. The Morgan fingerprint density at radius 1 is 0.962 bits per heavy atom. The van der Waals surface area contributed by atoms with Gasteiger partial charge in [0.15, 0.2) is 0 Å². The number of nitrogens with zero attached hydrogens (tertiary/aromatic N) is 1. The van der Waals surface area contributed by atoms with E-state index in [1.807, 2.05) is 54.6 Å². The van der Waals surface area contributed by atoms with Gasteiger partial charge in [0.2, 0.25) is 0 Å². The second-order valence-corrected chi connectivity index (χ2v) is 5.90. The monoisotopic (exact) mass is 349 g/mol. The number of halogens is 1. The molecule has 0 heterocycles. The third-order valence-electron chi connectivity index (χ3n) is 4.14. The number of para-hydroxylation sites is 1. The minimum absolute atomic E-state index is 0.224. The summed E-state index contributed by atoms with van der Waals surface area (Å²) in [7, 11) is 1.63. The van der Waals surface area contributed by atoms with E-state index in [1.165, 1.54) is 12.1 Å². The van der Waals surface area contributed by atoms with Gasteiger partial charge in [-0.1, -0.05) is 36.4 Å². The molecule has 0 aromatic heterocycles. The Morgan fingerprint density at radius 3 is 2.46 bits per heavy atom. The molecule has 132 valence electrons. The number of hydrogen-bond donors (Lipinski definition) is 0. The molecule has 0 radical (unpaired) electrons. The zero-order valence-corrected chi connectivity index (χ0v) is 14.6. The fraction of sp³-hybridized carbons (Fsp3) is 0.136. The van der Waals surface area contributed by atoms with Crippen molar-refractivity contribution in [3.05, 3.63) is 95.8 Å². The lowest BCUT2D eigenvalue weighted by atomic mass is 10.1.